The van der Waals surface area contributed by atoms with Crippen molar-refractivity contribution < 1.29 is 13.5 Å². The smallest absolute Gasteiger partial charge is 0.158 e. The van der Waals surface area contributed by atoms with Gasteiger partial charge in [-0.15, -0.1) is 0 Å². The van der Waals surface area contributed by atoms with Gasteiger partial charge in [-0.2, -0.15) is 0 Å². The van der Waals surface area contributed by atoms with Crippen LogP contribution in [0.3, 0.4) is 0 Å². The molecule has 2 aromatic rings. The second kappa shape index (κ2) is 6.78. The highest BCUT2D eigenvalue weighted by molar-refractivity contribution is 6.29. The Labute approximate surface area is 126 Å². The maximum absolute atomic E-state index is 13.8. The summed E-state index contributed by atoms with van der Waals surface area (Å²) in [5, 5.41) is 2.88. The summed E-state index contributed by atoms with van der Waals surface area (Å²) in [6.45, 7) is 4.03. The quantitative estimate of drug-likeness (QED) is 0.848. The molecule has 1 aromatic heterocycles. The third-order valence-electron chi connectivity index (χ3n) is 2.69. The summed E-state index contributed by atoms with van der Waals surface area (Å²) in [7, 11) is 0. The van der Waals surface area contributed by atoms with Crippen LogP contribution in [0.4, 0.5) is 20.3 Å². The molecular weight excluding hydrogens is 300 g/mol. The van der Waals surface area contributed by atoms with Crippen LogP contribution in [0.15, 0.2) is 18.2 Å². The molecule has 0 aliphatic heterocycles. The average molecular weight is 314 g/mol. The van der Waals surface area contributed by atoms with E-state index >= 15 is 0 Å². The number of nitrogens with zero attached hydrogens (tertiary/aromatic N) is 2. The monoisotopic (exact) mass is 313 g/mol. The Morgan fingerprint density at radius 3 is 2.67 bits per heavy atom. The number of ether oxygens (including phenoxy) is 1. The highest BCUT2D eigenvalue weighted by atomic mass is 35.5. The summed E-state index contributed by atoms with van der Waals surface area (Å²) in [6.07, 6.45) is 0. The van der Waals surface area contributed by atoms with Crippen molar-refractivity contribution in [1.82, 2.24) is 9.97 Å². The van der Waals surface area contributed by atoms with E-state index < -0.39 is 11.6 Å². The van der Waals surface area contributed by atoms with Crippen LogP contribution < -0.4 is 5.32 Å². The molecule has 0 unspecified atom stereocenters. The van der Waals surface area contributed by atoms with Gasteiger partial charge in [0.2, 0.25) is 0 Å². The molecule has 0 spiro atoms. The van der Waals surface area contributed by atoms with Gasteiger partial charge >= 0.3 is 0 Å². The summed E-state index contributed by atoms with van der Waals surface area (Å²) in [4.78, 5) is 8.13. The van der Waals surface area contributed by atoms with Crippen LogP contribution in [-0.4, -0.2) is 16.6 Å². The number of aryl methyl sites for hydroxylation is 1. The van der Waals surface area contributed by atoms with Gasteiger partial charge in [0.25, 0.3) is 0 Å². The third kappa shape index (κ3) is 4.09. The van der Waals surface area contributed by atoms with Crippen molar-refractivity contribution in [2.24, 2.45) is 0 Å². The molecule has 0 saturated carbocycles. The minimum atomic E-state index is -0.574. The fourth-order valence-corrected chi connectivity index (χ4v) is 1.87. The zero-order valence-corrected chi connectivity index (χ0v) is 12.3. The summed E-state index contributed by atoms with van der Waals surface area (Å²) in [6, 6.07) is 3.61. The first-order chi connectivity index (χ1) is 9.99. The fraction of sp³-hybridized carbons (Fsp3) is 0.286. The molecule has 0 fully saturated rings. The van der Waals surface area contributed by atoms with Gasteiger partial charge in [0.1, 0.15) is 29.2 Å². The molecule has 0 aliphatic rings. The normalized spacial score (nSPS) is 10.7. The predicted molar refractivity (Wildman–Crippen MR) is 76.7 cm³/mol. The largest absolute Gasteiger partial charge is 0.374 e. The molecule has 0 atom stereocenters. The van der Waals surface area contributed by atoms with Crippen molar-refractivity contribution in [2.45, 2.75) is 20.5 Å². The van der Waals surface area contributed by atoms with E-state index in [2.05, 4.69) is 15.3 Å². The molecule has 1 aromatic carbocycles. The average Bonchev–Trinajstić information content (AvgIpc) is 2.42. The third-order valence-corrected chi connectivity index (χ3v) is 2.88. The Kier molecular flexibility index (Phi) is 5.03. The minimum Gasteiger partial charge on any atom is -0.374 e. The maximum atomic E-state index is 13.8. The van der Waals surface area contributed by atoms with Crippen LogP contribution in [0.25, 0.3) is 0 Å². The number of nitrogens with one attached hydrogen (secondary N) is 1. The summed E-state index contributed by atoms with van der Waals surface area (Å²) < 4.78 is 32.5. The van der Waals surface area contributed by atoms with E-state index in [9.17, 15) is 8.78 Å². The maximum Gasteiger partial charge on any atom is 0.158 e. The first-order valence-corrected chi connectivity index (χ1v) is 6.71. The van der Waals surface area contributed by atoms with Crippen LogP contribution in [0.1, 0.15) is 18.3 Å². The molecule has 4 nitrogen and oxygen atoms in total. The van der Waals surface area contributed by atoms with Crippen molar-refractivity contribution in [1.29, 1.82) is 0 Å². The van der Waals surface area contributed by atoms with E-state index in [1.165, 1.54) is 13.0 Å². The first kappa shape index (κ1) is 15.6. The first-order valence-electron chi connectivity index (χ1n) is 6.33. The van der Waals surface area contributed by atoms with Crippen molar-refractivity contribution in [3.63, 3.8) is 0 Å². The second-order valence-corrected chi connectivity index (χ2v) is 4.72. The molecule has 21 heavy (non-hydrogen) atoms. The summed E-state index contributed by atoms with van der Waals surface area (Å²) in [5.41, 5.74) is 0.214. The molecular formula is C14H14ClF2N3O. The summed E-state index contributed by atoms with van der Waals surface area (Å²) >= 11 is 5.88. The van der Waals surface area contributed by atoms with Gasteiger partial charge in [-0.25, -0.2) is 18.7 Å². The van der Waals surface area contributed by atoms with Crippen LogP contribution in [0, 0.1) is 18.6 Å². The van der Waals surface area contributed by atoms with E-state index in [1.54, 1.807) is 0 Å². The molecule has 7 heteroatoms. The van der Waals surface area contributed by atoms with Crippen molar-refractivity contribution >= 4 is 23.1 Å². The molecule has 1 N–H and O–H groups in total. The van der Waals surface area contributed by atoms with Crippen LogP contribution in [0.5, 0.6) is 0 Å². The predicted octanol–water partition coefficient (Wildman–Crippen LogP) is 4.00. The lowest BCUT2D eigenvalue weighted by Gasteiger charge is -2.10. The number of hydrogen-bond donors (Lipinski definition) is 1. The Balaban J connectivity index is 2.27. The lowest BCUT2D eigenvalue weighted by atomic mass is 10.2. The molecule has 1 heterocycles. The van der Waals surface area contributed by atoms with E-state index in [4.69, 9.17) is 16.3 Å². The summed E-state index contributed by atoms with van der Waals surface area (Å²) in [5.74, 6) is -0.449. The zero-order chi connectivity index (χ0) is 15.4. The lowest BCUT2D eigenvalue weighted by molar-refractivity contribution is 0.128. The molecule has 0 amide bonds. The standard InChI is InChI=1S/C14H14ClF2N3O/c1-3-21-7-14-19-12(15)6-13(20-14)18-11-5-9(16)8(2)4-10(11)17/h4-6H,3,7H2,1-2H3,(H,18,19,20). The number of halogens is 3. The second-order valence-electron chi connectivity index (χ2n) is 4.34. The SMILES string of the molecule is CCOCc1nc(Cl)cc(Nc2cc(F)c(C)cc2F)n1. The van der Waals surface area contributed by atoms with E-state index in [-0.39, 0.29) is 28.8 Å². The fourth-order valence-electron chi connectivity index (χ4n) is 1.67. The van der Waals surface area contributed by atoms with E-state index in [0.717, 1.165) is 12.1 Å². The highest BCUT2D eigenvalue weighted by Gasteiger charge is 2.10. The number of aromatic nitrogens is 2. The van der Waals surface area contributed by atoms with Crippen LogP contribution in [0.2, 0.25) is 5.15 Å². The van der Waals surface area contributed by atoms with Gasteiger partial charge in [0, 0.05) is 18.7 Å². The van der Waals surface area contributed by atoms with Crippen LogP contribution >= 0.6 is 11.6 Å². The van der Waals surface area contributed by atoms with Gasteiger partial charge in [0.05, 0.1) is 5.69 Å². The molecule has 112 valence electrons. The van der Waals surface area contributed by atoms with Gasteiger partial charge < -0.3 is 10.1 Å². The topological polar surface area (TPSA) is 47.0 Å². The van der Waals surface area contributed by atoms with Crippen LogP contribution in [-0.2, 0) is 11.3 Å². The minimum absolute atomic E-state index is 0.0183. The zero-order valence-electron chi connectivity index (χ0n) is 11.6. The Bertz CT molecular complexity index is 652. The van der Waals surface area contributed by atoms with Gasteiger partial charge in [-0.1, -0.05) is 11.6 Å². The van der Waals surface area contributed by atoms with Gasteiger partial charge in [-0.05, 0) is 25.5 Å². The van der Waals surface area contributed by atoms with E-state index in [1.807, 2.05) is 6.92 Å². The highest BCUT2D eigenvalue weighted by Crippen LogP contribution is 2.23. The molecule has 0 radical (unpaired) electrons. The number of anilines is 2. The number of hydrogen-bond acceptors (Lipinski definition) is 4. The molecule has 0 aliphatic carbocycles. The Morgan fingerprint density at radius 2 is 1.95 bits per heavy atom. The Morgan fingerprint density at radius 1 is 1.19 bits per heavy atom. The molecule has 0 saturated heterocycles. The molecule has 2 rings (SSSR count). The number of benzene rings is 1. The van der Waals surface area contributed by atoms with Gasteiger partial charge in [0.15, 0.2) is 5.82 Å². The Hall–Kier alpha value is -1.79. The van der Waals surface area contributed by atoms with Gasteiger partial charge in [-0.3, -0.25) is 0 Å². The van der Waals surface area contributed by atoms with Crippen molar-refractivity contribution in [3.05, 3.63) is 46.4 Å². The van der Waals surface area contributed by atoms with Crippen molar-refractivity contribution in [3.8, 4) is 0 Å². The number of rotatable bonds is 5. The van der Waals surface area contributed by atoms with E-state index in [0.29, 0.717) is 12.4 Å². The molecule has 0 bridgehead atoms. The lowest BCUT2D eigenvalue weighted by Crippen LogP contribution is -2.04. The van der Waals surface area contributed by atoms with Crippen molar-refractivity contribution in [2.75, 3.05) is 11.9 Å².